The molecule has 88 valence electrons. The van der Waals surface area contributed by atoms with Crippen LogP contribution in [0.2, 0.25) is 0 Å². The lowest BCUT2D eigenvalue weighted by Crippen LogP contribution is -2.15. The molecule has 0 bridgehead atoms. The second-order valence-electron chi connectivity index (χ2n) is 3.86. The van der Waals surface area contributed by atoms with Crippen LogP contribution in [0, 0.1) is 0 Å². The van der Waals surface area contributed by atoms with E-state index in [1.807, 2.05) is 19.2 Å². The van der Waals surface area contributed by atoms with Gasteiger partial charge in [0, 0.05) is 11.6 Å². The molecule has 16 heavy (non-hydrogen) atoms. The molecule has 1 aromatic rings. The van der Waals surface area contributed by atoms with Gasteiger partial charge in [-0.15, -0.1) is 0 Å². The van der Waals surface area contributed by atoms with E-state index in [-0.39, 0.29) is 0 Å². The van der Waals surface area contributed by atoms with Gasteiger partial charge in [0.15, 0.2) is 0 Å². The normalized spacial score (nSPS) is 19.6. The second kappa shape index (κ2) is 5.06. The van der Waals surface area contributed by atoms with E-state index < -0.39 is 0 Å². The van der Waals surface area contributed by atoms with Gasteiger partial charge in [-0.05, 0) is 48.0 Å². The molecule has 4 heteroatoms. The van der Waals surface area contributed by atoms with Crippen molar-refractivity contribution in [2.24, 2.45) is 0 Å². The minimum absolute atomic E-state index is 0.337. The molecule has 1 aliphatic heterocycles. The monoisotopic (exact) mass is 285 g/mol. The van der Waals surface area contributed by atoms with Crippen molar-refractivity contribution in [3.8, 4) is 11.5 Å². The lowest BCUT2D eigenvalue weighted by Gasteiger charge is -2.17. The molecule has 0 amide bonds. The van der Waals surface area contributed by atoms with Crippen molar-refractivity contribution in [2.45, 2.75) is 18.9 Å². The fraction of sp³-hybridized carbons (Fsp3) is 0.500. The molecule has 0 saturated heterocycles. The third-order valence-corrected chi connectivity index (χ3v) is 3.48. The lowest BCUT2D eigenvalue weighted by atomic mass is 10.0. The van der Waals surface area contributed by atoms with Crippen LogP contribution < -0.4 is 14.8 Å². The predicted octanol–water partition coefficient (Wildman–Crippen LogP) is 2.89. The first-order valence-corrected chi connectivity index (χ1v) is 6.23. The molecule has 1 atom stereocenters. The molecule has 1 heterocycles. The Balaban J connectivity index is 2.49. The van der Waals surface area contributed by atoms with Crippen LogP contribution in [0.25, 0.3) is 0 Å². The average Bonchev–Trinajstić information content (AvgIpc) is 2.51. The number of methoxy groups -OCH3 is 1. The summed E-state index contributed by atoms with van der Waals surface area (Å²) in [5.74, 6) is 1.80. The highest BCUT2D eigenvalue weighted by molar-refractivity contribution is 9.10. The lowest BCUT2D eigenvalue weighted by molar-refractivity contribution is 0.313. The zero-order valence-corrected chi connectivity index (χ0v) is 11.1. The van der Waals surface area contributed by atoms with Crippen molar-refractivity contribution in [1.82, 2.24) is 5.32 Å². The largest absolute Gasteiger partial charge is 0.497 e. The Hall–Kier alpha value is -0.740. The van der Waals surface area contributed by atoms with Crippen LogP contribution in [0.3, 0.4) is 0 Å². The maximum Gasteiger partial charge on any atom is 0.138 e. The van der Waals surface area contributed by atoms with Gasteiger partial charge in [0.2, 0.25) is 0 Å². The third-order valence-electron chi connectivity index (χ3n) is 2.89. The van der Waals surface area contributed by atoms with Crippen molar-refractivity contribution in [3.05, 3.63) is 22.2 Å². The van der Waals surface area contributed by atoms with E-state index in [2.05, 4.69) is 21.2 Å². The number of hydrogen-bond acceptors (Lipinski definition) is 3. The Bertz CT molecular complexity index is 382. The second-order valence-corrected chi connectivity index (χ2v) is 4.71. The summed E-state index contributed by atoms with van der Waals surface area (Å²) in [7, 11) is 3.66. The molecule has 3 nitrogen and oxygen atoms in total. The molecular weight excluding hydrogens is 270 g/mol. The summed E-state index contributed by atoms with van der Waals surface area (Å²) < 4.78 is 12.0. The van der Waals surface area contributed by atoms with Crippen LogP contribution >= 0.6 is 15.9 Å². The van der Waals surface area contributed by atoms with E-state index in [0.29, 0.717) is 6.04 Å². The number of hydrogen-bond donors (Lipinski definition) is 1. The van der Waals surface area contributed by atoms with Gasteiger partial charge in [0.25, 0.3) is 0 Å². The Kier molecular flexibility index (Phi) is 3.71. The van der Waals surface area contributed by atoms with E-state index in [0.717, 1.165) is 35.4 Å². The molecule has 0 aromatic heterocycles. The van der Waals surface area contributed by atoms with Crippen LogP contribution in [-0.4, -0.2) is 20.8 Å². The molecule has 0 aliphatic carbocycles. The van der Waals surface area contributed by atoms with E-state index in [4.69, 9.17) is 9.47 Å². The summed E-state index contributed by atoms with van der Waals surface area (Å²) in [6.45, 7) is 0.774. The zero-order chi connectivity index (χ0) is 11.5. The van der Waals surface area contributed by atoms with Gasteiger partial charge in [-0.1, -0.05) is 0 Å². The number of fused-ring (bicyclic) bond motifs is 1. The maximum atomic E-state index is 5.77. The summed E-state index contributed by atoms with van der Waals surface area (Å²) in [6, 6.07) is 4.33. The molecule has 1 aromatic carbocycles. The van der Waals surface area contributed by atoms with E-state index >= 15 is 0 Å². The van der Waals surface area contributed by atoms with E-state index in [9.17, 15) is 0 Å². The Labute approximate surface area is 104 Å². The molecule has 1 N–H and O–H groups in total. The van der Waals surface area contributed by atoms with Crippen molar-refractivity contribution in [2.75, 3.05) is 20.8 Å². The Morgan fingerprint density at radius 2 is 2.31 bits per heavy atom. The molecular formula is C12H16BrNO2. The van der Waals surface area contributed by atoms with Crippen LogP contribution in [0.5, 0.6) is 11.5 Å². The quantitative estimate of drug-likeness (QED) is 0.906. The van der Waals surface area contributed by atoms with Gasteiger partial charge in [-0.2, -0.15) is 0 Å². The van der Waals surface area contributed by atoms with E-state index in [1.54, 1.807) is 7.11 Å². The van der Waals surface area contributed by atoms with Gasteiger partial charge >= 0.3 is 0 Å². The number of nitrogens with one attached hydrogen (secondary N) is 1. The minimum atomic E-state index is 0.337. The topological polar surface area (TPSA) is 30.5 Å². The van der Waals surface area contributed by atoms with Crippen molar-refractivity contribution >= 4 is 15.9 Å². The first kappa shape index (κ1) is 11.7. The number of halogens is 1. The van der Waals surface area contributed by atoms with Gasteiger partial charge in [-0.3, -0.25) is 0 Å². The van der Waals surface area contributed by atoms with Crippen LogP contribution in [0.4, 0.5) is 0 Å². The van der Waals surface area contributed by atoms with E-state index in [1.165, 1.54) is 5.56 Å². The smallest absolute Gasteiger partial charge is 0.138 e. The summed E-state index contributed by atoms with van der Waals surface area (Å²) >= 11 is 3.53. The fourth-order valence-corrected chi connectivity index (χ4v) is 2.60. The SMILES string of the molecule is CNC1CCCOc2c(Br)cc(OC)cc21. The highest BCUT2D eigenvalue weighted by Gasteiger charge is 2.21. The minimum Gasteiger partial charge on any atom is -0.497 e. The molecule has 2 rings (SSSR count). The first-order valence-electron chi connectivity index (χ1n) is 5.43. The molecule has 0 fully saturated rings. The molecule has 1 unspecified atom stereocenters. The fourth-order valence-electron chi connectivity index (χ4n) is 2.03. The van der Waals surface area contributed by atoms with Crippen LogP contribution in [0.1, 0.15) is 24.4 Å². The highest BCUT2D eigenvalue weighted by Crippen LogP contribution is 2.40. The first-order chi connectivity index (χ1) is 7.76. The third kappa shape index (κ3) is 2.18. The maximum absolute atomic E-state index is 5.77. The Morgan fingerprint density at radius 3 is 3.00 bits per heavy atom. The summed E-state index contributed by atoms with van der Waals surface area (Å²) in [5.41, 5.74) is 1.17. The van der Waals surface area contributed by atoms with Crippen molar-refractivity contribution in [3.63, 3.8) is 0 Å². The van der Waals surface area contributed by atoms with Gasteiger partial charge in [-0.25, -0.2) is 0 Å². The Morgan fingerprint density at radius 1 is 1.50 bits per heavy atom. The summed E-state index contributed by atoms with van der Waals surface area (Å²) in [4.78, 5) is 0. The number of benzene rings is 1. The van der Waals surface area contributed by atoms with Crippen molar-refractivity contribution < 1.29 is 9.47 Å². The van der Waals surface area contributed by atoms with Gasteiger partial charge < -0.3 is 14.8 Å². The zero-order valence-electron chi connectivity index (χ0n) is 9.55. The van der Waals surface area contributed by atoms with Crippen LogP contribution in [-0.2, 0) is 0 Å². The standard InChI is InChI=1S/C12H16BrNO2/c1-14-11-4-3-5-16-12-9(11)6-8(15-2)7-10(12)13/h6-7,11,14H,3-5H2,1-2H3. The van der Waals surface area contributed by atoms with Crippen LogP contribution in [0.15, 0.2) is 16.6 Å². The highest BCUT2D eigenvalue weighted by atomic mass is 79.9. The number of rotatable bonds is 2. The van der Waals surface area contributed by atoms with Gasteiger partial charge in [0.1, 0.15) is 11.5 Å². The molecule has 0 saturated carbocycles. The average molecular weight is 286 g/mol. The summed E-state index contributed by atoms with van der Waals surface area (Å²) in [5, 5.41) is 3.32. The molecule has 1 aliphatic rings. The molecule has 0 radical (unpaired) electrons. The number of ether oxygens (including phenoxy) is 2. The molecule has 0 spiro atoms. The summed E-state index contributed by atoms with van der Waals surface area (Å²) in [6.07, 6.45) is 2.15. The van der Waals surface area contributed by atoms with Crippen molar-refractivity contribution in [1.29, 1.82) is 0 Å². The van der Waals surface area contributed by atoms with Gasteiger partial charge in [0.05, 0.1) is 18.2 Å². The predicted molar refractivity (Wildman–Crippen MR) is 67.2 cm³/mol.